The lowest BCUT2D eigenvalue weighted by Gasteiger charge is -2.23. The van der Waals surface area contributed by atoms with E-state index in [2.05, 4.69) is 39.6 Å². The number of ether oxygens (including phenoxy) is 1. The SMILES string of the molecule is Cl.c1cc(CC2COCCN2)cc(-c2cnccn2)c1. The summed E-state index contributed by atoms with van der Waals surface area (Å²) in [7, 11) is 0. The van der Waals surface area contributed by atoms with Gasteiger partial charge in [-0.05, 0) is 18.1 Å². The third kappa shape index (κ3) is 3.76. The zero-order valence-electron chi connectivity index (χ0n) is 11.2. The van der Waals surface area contributed by atoms with E-state index in [1.54, 1.807) is 18.6 Å². The van der Waals surface area contributed by atoms with Crippen LogP contribution in [0.1, 0.15) is 5.56 Å². The van der Waals surface area contributed by atoms with Crippen LogP contribution in [0.2, 0.25) is 0 Å². The minimum atomic E-state index is 0. The van der Waals surface area contributed by atoms with Gasteiger partial charge in [0.2, 0.25) is 0 Å². The maximum absolute atomic E-state index is 5.48. The highest BCUT2D eigenvalue weighted by atomic mass is 35.5. The quantitative estimate of drug-likeness (QED) is 0.941. The Kier molecular flexibility index (Phi) is 5.47. The molecule has 0 radical (unpaired) electrons. The molecule has 1 atom stereocenters. The van der Waals surface area contributed by atoms with Gasteiger partial charge in [0, 0.05) is 30.5 Å². The van der Waals surface area contributed by atoms with Crippen LogP contribution in [0.15, 0.2) is 42.9 Å². The lowest BCUT2D eigenvalue weighted by atomic mass is 10.0. The largest absolute Gasteiger partial charge is 0.379 e. The van der Waals surface area contributed by atoms with E-state index in [1.165, 1.54) is 5.56 Å². The van der Waals surface area contributed by atoms with Crippen LogP contribution >= 0.6 is 12.4 Å². The predicted molar refractivity (Wildman–Crippen MR) is 81.0 cm³/mol. The van der Waals surface area contributed by atoms with Crippen LogP contribution in [0, 0.1) is 0 Å². The zero-order chi connectivity index (χ0) is 12.9. The van der Waals surface area contributed by atoms with E-state index < -0.39 is 0 Å². The topological polar surface area (TPSA) is 47.0 Å². The van der Waals surface area contributed by atoms with Crippen LogP contribution in [0.3, 0.4) is 0 Å². The van der Waals surface area contributed by atoms with Crippen molar-refractivity contribution in [1.29, 1.82) is 0 Å². The first kappa shape index (κ1) is 14.9. The van der Waals surface area contributed by atoms with Gasteiger partial charge < -0.3 is 10.1 Å². The summed E-state index contributed by atoms with van der Waals surface area (Å²) in [5.41, 5.74) is 3.32. The van der Waals surface area contributed by atoms with Gasteiger partial charge in [-0.25, -0.2) is 0 Å². The number of benzene rings is 1. The van der Waals surface area contributed by atoms with Gasteiger partial charge >= 0.3 is 0 Å². The summed E-state index contributed by atoms with van der Waals surface area (Å²) < 4.78 is 5.48. The molecule has 3 rings (SSSR count). The number of rotatable bonds is 3. The Labute approximate surface area is 125 Å². The first-order valence-corrected chi connectivity index (χ1v) is 6.58. The van der Waals surface area contributed by atoms with Crippen molar-refractivity contribution in [2.45, 2.75) is 12.5 Å². The first-order valence-electron chi connectivity index (χ1n) is 6.58. The number of morpholine rings is 1. The fourth-order valence-corrected chi connectivity index (χ4v) is 2.34. The lowest BCUT2D eigenvalue weighted by Crippen LogP contribution is -2.42. The van der Waals surface area contributed by atoms with Crippen LogP contribution in [-0.4, -0.2) is 35.8 Å². The Morgan fingerprint density at radius 2 is 2.25 bits per heavy atom. The summed E-state index contributed by atoms with van der Waals surface area (Å²) >= 11 is 0. The molecule has 4 nitrogen and oxygen atoms in total. The summed E-state index contributed by atoms with van der Waals surface area (Å²) in [6.45, 7) is 2.54. The van der Waals surface area contributed by atoms with Gasteiger partial charge in [0.25, 0.3) is 0 Å². The van der Waals surface area contributed by atoms with Crippen LogP contribution in [0.5, 0.6) is 0 Å². The average molecular weight is 292 g/mol. The average Bonchev–Trinajstić information content (AvgIpc) is 2.49. The molecule has 0 amide bonds. The van der Waals surface area contributed by atoms with E-state index in [0.717, 1.165) is 37.4 Å². The van der Waals surface area contributed by atoms with Crippen molar-refractivity contribution in [3.63, 3.8) is 0 Å². The summed E-state index contributed by atoms with van der Waals surface area (Å²) in [4.78, 5) is 8.45. The Morgan fingerprint density at radius 3 is 3.00 bits per heavy atom. The lowest BCUT2D eigenvalue weighted by molar-refractivity contribution is 0.0770. The molecule has 0 aliphatic carbocycles. The molecule has 1 saturated heterocycles. The number of nitrogens with one attached hydrogen (secondary N) is 1. The number of aromatic nitrogens is 2. The molecule has 1 aliphatic heterocycles. The Morgan fingerprint density at radius 1 is 1.30 bits per heavy atom. The molecular weight excluding hydrogens is 274 g/mol. The van der Waals surface area contributed by atoms with Crippen LogP contribution in [0.25, 0.3) is 11.3 Å². The van der Waals surface area contributed by atoms with Crippen molar-refractivity contribution in [2.75, 3.05) is 19.8 Å². The van der Waals surface area contributed by atoms with E-state index >= 15 is 0 Å². The van der Waals surface area contributed by atoms with Crippen molar-refractivity contribution < 1.29 is 4.74 Å². The van der Waals surface area contributed by atoms with Gasteiger partial charge in [-0.3, -0.25) is 9.97 Å². The third-order valence-corrected chi connectivity index (χ3v) is 3.27. The minimum Gasteiger partial charge on any atom is -0.379 e. The van der Waals surface area contributed by atoms with Gasteiger partial charge in [-0.1, -0.05) is 18.2 Å². The highest BCUT2D eigenvalue weighted by Crippen LogP contribution is 2.18. The first-order chi connectivity index (χ1) is 9.42. The number of hydrogen-bond acceptors (Lipinski definition) is 4. The normalized spacial score (nSPS) is 18.3. The summed E-state index contributed by atoms with van der Waals surface area (Å²) in [6, 6.07) is 8.88. The number of halogens is 1. The molecule has 1 aromatic carbocycles. The molecule has 5 heteroatoms. The molecule has 1 aliphatic rings. The van der Waals surface area contributed by atoms with Crippen molar-refractivity contribution in [3.05, 3.63) is 48.4 Å². The second-order valence-electron chi connectivity index (χ2n) is 4.72. The molecule has 0 spiro atoms. The number of hydrogen-bond donors (Lipinski definition) is 1. The van der Waals surface area contributed by atoms with Gasteiger partial charge in [0.1, 0.15) is 0 Å². The van der Waals surface area contributed by atoms with Gasteiger partial charge in [0.15, 0.2) is 0 Å². The minimum absolute atomic E-state index is 0. The van der Waals surface area contributed by atoms with Crippen molar-refractivity contribution >= 4 is 12.4 Å². The van der Waals surface area contributed by atoms with E-state index in [1.807, 2.05) is 0 Å². The predicted octanol–water partition coefficient (Wildman–Crippen LogP) is 2.10. The van der Waals surface area contributed by atoms with E-state index in [9.17, 15) is 0 Å². The van der Waals surface area contributed by atoms with Crippen molar-refractivity contribution in [3.8, 4) is 11.3 Å². The maximum Gasteiger partial charge on any atom is 0.0885 e. The van der Waals surface area contributed by atoms with Gasteiger partial charge in [-0.2, -0.15) is 0 Å². The monoisotopic (exact) mass is 291 g/mol. The zero-order valence-corrected chi connectivity index (χ0v) is 12.0. The molecule has 1 N–H and O–H groups in total. The molecule has 1 fully saturated rings. The summed E-state index contributed by atoms with van der Waals surface area (Å²) in [5.74, 6) is 0. The second kappa shape index (κ2) is 7.33. The molecule has 106 valence electrons. The smallest absolute Gasteiger partial charge is 0.0885 e. The molecule has 0 bridgehead atoms. The Hall–Kier alpha value is -1.49. The molecule has 20 heavy (non-hydrogen) atoms. The summed E-state index contributed by atoms with van der Waals surface area (Å²) in [6.07, 6.45) is 6.18. The van der Waals surface area contributed by atoms with E-state index in [-0.39, 0.29) is 12.4 Å². The van der Waals surface area contributed by atoms with Crippen LogP contribution in [0.4, 0.5) is 0 Å². The van der Waals surface area contributed by atoms with Gasteiger partial charge in [0.05, 0.1) is 25.1 Å². The van der Waals surface area contributed by atoms with Crippen LogP contribution < -0.4 is 5.32 Å². The molecule has 2 heterocycles. The molecule has 2 aromatic rings. The van der Waals surface area contributed by atoms with Crippen molar-refractivity contribution in [1.82, 2.24) is 15.3 Å². The standard InChI is InChI=1S/C15H17N3O.ClH/c1-2-12(9-14-11-19-7-6-17-14)8-13(3-1)15-10-16-4-5-18-15;/h1-5,8,10,14,17H,6-7,9,11H2;1H. The fourth-order valence-electron chi connectivity index (χ4n) is 2.34. The van der Waals surface area contributed by atoms with Crippen molar-refractivity contribution in [2.24, 2.45) is 0 Å². The molecule has 1 unspecified atom stereocenters. The number of nitrogens with zero attached hydrogens (tertiary/aromatic N) is 2. The van der Waals surface area contributed by atoms with E-state index in [0.29, 0.717) is 6.04 Å². The fraction of sp³-hybridized carbons (Fsp3) is 0.333. The third-order valence-electron chi connectivity index (χ3n) is 3.27. The molecule has 1 aromatic heterocycles. The Balaban J connectivity index is 0.00000147. The summed E-state index contributed by atoms with van der Waals surface area (Å²) in [5, 5.41) is 3.47. The maximum atomic E-state index is 5.48. The van der Waals surface area contributed by atoms with Gasteiger partial charge in [-0.15, -0.1) is 12.4 Å². The molecular formula is C15H18ClN3O. The Bertz CT molecular complexity index is 530. The van der Waals surface area contributed by atoms with Crippen LogP contribution in [-0.2, 0) is 11.2 Å². The second-order valence-corrected chi connectivity index (χ2v) is 4.72. The van der Waals surface area contributed by atoms with E-state index in [4.69, 9.17) is 4.74 Å². The highest BCUT2D eigenvalue weighted by molar-refractivity contribution is 5.85. The molecule has 0 saturated carbocycles. The highest BCUT2D eigenvalue weighted by Gasteiger charge is 2.13.